The highest BCUT2D eigenvalue weighted by Crippen LogP contribution is 2.41. The topological polar surface area (TPSA) is 29.5 Å². The van der Waals surface area contributed by atoms with E-state index in [-0.39, 0.29) is 6.10 Å². The van der Waals surface area contributed by atoms with Crippen LogP contribution in [0.25, 0.3) is 0 Å². The molecule has 0 spiro atoms. The summed E-state index contributed by atoms with van der Waals surface area (Å²) in [5, 5.41) is 14.8. The lowest BCUT2D eigenvalue weighted by molar-refractivity contribution is 0.0659. The molecule has 1 aromatic heterocycles. The maximum absolute atomic E-state index is 10.1. The molecule has 2 aromatic rings. The summed E-state index contributed by atoms with van der Waals surface area (Å²) in [5.74, 6) is 0.726. The van der Waals surface area contributed by atoms with Gasteiger partial charge >= 0.3 is 0 Å². The molecule has 2 nitrogen and oxygen atoms in total. The van der Waals surface area contributed by atoms with Crippen molar-refractivity contribution < 1.29 is 9.84 Å². The highest BCUT2D eigenvalue weighted by atomic mass is 35.5. The van der Waals surface area contributed by atoms with Gasteiger partial charge in [-0.2, -0.15) is 11.3 Å². The van der Waals surface area contributed by atoms with E-state index in [4.69, 9.17) is 16.3 Å². The molecule has 2 atom stereocenters. The van der Waals surface area contributed by atoms with E-state index in [9.17, 15) is 5.11 Å². The van der Waals surface area contributed by atoms with Gasteiger partial charge in [-0.1, -0.05) is 11.6 Å². The fraction of sp³-hybridized carbons (Fsp3) is 0.231. The predicted molar refractivity (Wildman–Crippen MR) is 68.7 cm³/mol. The largest absolute Gasteiger partial charge is 0.485 e. The van der Waals surface area contributed by atoms with Crippen LogP contribution in [0.3, 0.4) is 0 Å². The zero-order valence-corrected chi connectivity index (χ0v) is 10.5. The number of fused-ring (bicyclic) bond motifs is 1. The highest BCUT2D eigenvalue weighted by Gasteiger charge is 2.28. The van der Waals surface area contributed by atoms with E-state index in [0.717, 1.165) is 16.9 Å². The van der Waals surface area contributed by atoms with Crippen LogP contribution in [0.4, 0.5) is 0 Å². The Labute approximate surface area is 108 Å². The molecule has 2 heterocycles. The summed E-state index contributed by atoms with van der Waals surface area (Å²) >= 11 is 7.55. The molecule has 0 saturated heterocycles. The van der Waals surface area contributed by atoms with Gasteiger partial charge in [-0.3, -0.25) is 0 Å². The van der Waals surface area contributed by atoms with Gasteiger partial charge in [-0.05, 0) is 35.0 Å². The first kappa shape index (κ1) is 11.1. The molecule has 0 bridgehead atoms. The van der Waals surface area contributed by atoms with Crippen LogP contribution in [-0.2, 0) is 0 Å². The first-order chi connectivity index (χ1) is 8.24. The lowest BCUT2D eigenvalue weighted by Crippen LogP contribution is -2.18. The summed E-state index contributed by atoms with van der Waals surface area (Å²) in [4.78, 5) is 0. The van der Waals surface area contributed by atoms with Crippen LogP contribution in [0.2, 0.25) is 5.02 Å². The van der Waals surface area contributed by atoms with Gasteiger partial charge in [0.15, 0.2) is 0 Å². The fourth-order valence-corrected chi connectivity index (χ4v) is 2.96. The summed E-state index contributed by atoms with van der Waals surface area (Å²) in [6.45, 7) is 0. The van der Waals surface area contributed by atoms with Crippen molar-refractivity contribution in [1.29, 1.82) is 0 Å². The van der Waals surface area contributed by atoms with Crippen molar-refractivity contribution in [3.8, 4) is 5.75 Å². The number of aliphatic hydroxyl groups is 1. The lowest BCUT2D eigenvalue weighted by atomic mass is 9.96. The number of halogens is 1. The van der Waals surface area contributed by atoms with Gasteiger partial charge in [0.25, 0.3) is 0 Å². The Morgan fingerprint density at radius 3 is 3.00 bits per heavy atom. The minimum absolute atomic E-state index is 0.0649. The number of hydrogen-bond donors (Lipinski definition) is 1. The predicted octanol–water partition coefficient (Wildman–Crippen LogP) is 3.96. The van der Waals surface area contributed by atoms with Gasteiger partial charge in [0, 0.05) is 22.6 Å². The molecule has 3 rings (SSSR count). The van der Waals surface area contributed by atoms with Crippen LogP contribution in [0.1, 0.15) is 29.8 Å². The molecule has 1 aliphatic rings. The summed E-state index contributed by atoms with van der Waals surface area (Å²) in [6.07, 6.45) is -0.00311. The Kier molecular flexibility index (Phi) is 2.82. The van der Waals surface area contributed by atoms with Crippen molar-refractivity contribution in [2.75, 3.05) is 0 Å². The van der Waals surface area contributed by atoms with E-state index in [1.807, 2.05) is 17.5 Å². The molecule has 88 valence electrons. The molecule has 1 aromatic carbocycles. The van der Waals surface area contributed by atoms with E-state index in [0.29, 0.717) is 11.4 Å². The smallest absolute Gasteiger partial charge is 0.127 e. The van der Waals surface area contributed by atoms with Gasteiger partial charge in [0.2, 0.25) is 0 Å². The molecule has 0 saturated carbocycles. The molecule has 1 unspecified atom stereocenters. The third kappa shape index (κ3) is 2.06. The number of hydrogen-bond acceptors (Lipinski definition) is 3. The van der Waals surface area contributed by atoms with Crippen molar-refractivity contribution in [2.45, 2.75) is 18.6 Å². The summed E-state index contributed by atoms with van der Waals surface area (Å²) < 4.78 is 5.89. The monoisotopic (exact) mass is 266 g/mol. The Morgan fingerprint density at radius 1 is 1.35 bits per heavy atom. The fourth-order valence-electron chi connectivity index (χ4n) is 2.08. The van der Waals surface area contributed by atoms with Crippen molar-refractivity contribution in [3.05, 3.63) is 51.2 Å². The third-order valence-electron chi connectivity index (χ3n) is 2.95. The average Bonchev–Trinajstić information content (AvgIpc) is 2.83. The zero-order valence-electron chi connectivity index (χ0n) is 8.97. The Hall–Kier alpha value is -1.03. The molecule has 4 heteroatoms. The Balaban J connectivity index is 1.96. The minimum atomic E-state index is -0.512. The maximum atomic E-state index is 10.1. The van der Waals surface area contributed by atoms with Gasteiger partial charge in [-0.25, -0.2) is 0 Å². The van der Waals surface area contributed by atoms with Crippen LogP contribution in [0, 0.1) is 0 Å². The zero-order chi connectivity index (χ0) is 11.8. The molecule has 0 amide bonds. The van der Waals surface area contributed by atoms with Gasteiger partial charge in [-0.15, -0.1) is 0 Å². The summed E-state index contributed by atoms with van der Waals surface area (Å²) in [5.41, 5.74) is 1.90. The maximum Gasteiger partial charge on any atom is 0.127 e. The van der Waals surface area contributed by atoms with E-state index >= 15 is 0 Å². The Bertz CT molecular complexity index is 524. The molecular formula is C13H11ClO2S. The summed E-state index contributed by atoms with van der Waals surface area (Å²) in [7, 11) is 0. The third-order valence-corrected chi connectivity index (χ3v) is 3.89. The van der Waals surface area contributed by atoms with Crippen molar-refractivity contribution in [3.63, 3.8) is 0 Å². The van der Waals surface area contributed by atoms with Crippen LogP contribution < -0.4 is 4.74 Å². The lowest BCUT2D eigenvalue weighted by Gasteiger charge is -2.29. The average molecular weight is 267 g/mol. The standard InChI is InChI=1S/C13H11ClO2S/c14-9-1-2-12-10(5-9)11(15)6-13(16-12)8-3-4-17-7-8/h1-5,7,11,13,15H,6H2/t11-,13?/m0/s1. The van der Waals surface area contributed by atoms with Crippen molar-refractivity contribution >= 4 is 22.9 Å². The number of benzene rings is 1. The normalized spacial score (nSPS) is 22.9. The molecule has 1 aliphatic heterocycles. The van der Waals surface area contributed by atoms with Crippen LogP contribution in [-0.4, -0.2) is 5.11 Å². The molecular weight excluding hydrogens is 256 g/mol. The second-order valence-electron chi connectivity index (χ2n) is 4.10. The highest BCUT2D eigenvalue weighted by molar-refractivity contribution is 7.07. The van der Waals surface area contributed by atoms with E-state index in [2.05, 4.69) is 5.38 Å². The van der Waals surface area contributed by atoms with Crippen LogP contribution >= 0.6 is 22.9 Å². The summed E-state index contributed by atoms with van der Waals surface area (Å²) in [6, 6.07) is 7.40. The number of rotatable bonds is 1. The minimum Gasteiger partial charge on any atom is -0.485 e. The van der Waals surface area contributed by atoms with Crippen LogP contribution in [0.5, 0.6) is 5.75 Å². The van der Waals surface area contributed by atoms with E-state index in [1.165, 1.54) is 0 Å². The Morgan fingerprint density at radius 2 is 2.24 bits per heavy atom. The molecule has 0 aliphatic carbocycles. The van der Waals surface area contributed by atoms with Crippen molar-refractivity contribution in [2.24, 2.45) is 0 Å². The SMILES string of the molecule is O[C@H]1CC(c2ccsc2)Oc2ccc(Cl)cc21. The second kappa shape index (κ2) is 4.33. The van der Waals surface area contributed by atoms with Crippen molar-refractivity contribution in [1.82, 2.24) is 0 Å². The number of thiophene rings is 1. The number of aliphatic hydroxyl groups excluding tert-OH is 1. The van der Waals surface area contributed by atoms with Gasteiger partial charge < -0.3 is 9.84 Å². The molecule has 17 heavy (non-hydrogen) atoms. The quantitative estimate of drug-likeness (QED) is 0.847. The molecule has 0 radical (unpaired) electrons. The second-order valence-corrected chi connectivity index (χ2v) is 5.31. The molecule has 0 fully saturated rings. The molecule has 1 N–H and O–H groups in total. The van der Waals surface area contributed by atoms with E-state index in [1.54, 1.807) is 23.5 Å². The number of ether oxygens (including phenoxy) is 1. The van der Waals surface area contributed by atoms with Crippen LogP contribution in [0.15, 0.2) is 35.0 Å². The first-order valence-electron chi connectivity index (χ1n) is 5.40. The van der Waals surface area contributed by atoms with Gasteiger partial charge in [0.05, 0.1) is 6.10 Å². The first-order valence-corrected chi connectivity index (χ1v) is 6.72. The van der Waals surface area contributed by atoms with E-state index < -0.39 is 6.10 Å². The van der Waals surface area contributed by atoms with Gasteiger partial charge in [0.1, 0.15) is 11.9 Å².